The average Bonchev–Trinajstić information content (AvgIpc) is 2.83. The van der Waals surface area contributed by atoms with Crippen molar-refractivity contribution in [3.05, 3.63) is 59.6 Å². The van der Waals surface area contributed by atoms with E-state index in [9.17, 15) is 23.5 Å². The Morgan fingerprint density at radius 2 is 1.94 bits per heavy atom. The maximum absolute atomic E-state index is 12.9. The van der Waals surface area contributed by atoms with E-state index in [-0.39, 0.29) is 18.0 Å². The van der Waals surface area contributed by atoms with E-state index in [2.05, 4.69) is 33.2 Å². The van der Waals surface area contributed by atoms with Gasteiger partial charge in [0.1, 0.15) is 23.8 Å². The van der Waals surface area contributed by atoms with Crippen molar-refractivity contribution < 1.29 is 18.3 Å². The number of nitriles is 1. The second kappa shape index (κ2) is 10.3. The van der Waals surface area contributed by atoms with Crippen molar-refractivity contribution >= 4 is 11.6 Å². The van der Waals surface area contributed by atoms with Crippen LogP contribution in [0.3, 0.4) is 0 Å². The van der Waals surface area contributed by atoms with Gasteiger partial charge in [-0.3, -0.25) is 0 Å². The first kappa shape index (κ1) is 25.3. The monoisotopic (exact) mass is 475 g/mol. The third-order valence-corrected chi connectivity index (χ3v) is 6.35. The summed E-state index contributed by atoms with van der Waals surface area (Å²) < 4.78 is 38.8. The molecule has 0 aliphatic carbocycles. The number of halogens is 3. The summed E-state index contributed by atoms with van der Waals surface area (Å²) >= 11 is 0. The minimum Gasteiger partial charge on any atom is -0.396 e. The number of benzene rings is 1. The first-order chi connectivity index (χ1) is 16.1. The van der Waals surface area contributed by atoms with Crippen molar-refractivity contribution in [3.8, 4) is 6.07 Å². The highest BCUT2D eigenvalue weighted by Crippen LogP contribution is 2.34. The van der Waals surface area contributed by atoms with Crippen molar-refractivity contribution in [1.82, 2.24) is 20.6 Å². The lowest BCUT2D eigenvalue weighted by atomic mass is 9.84. The molecule has 182 valence electrons. The van der Waals surface area contributed by atoms with Crippen molar-refractivity contribution in [2.45, 2.75) is 37.0 Å². The number of rotatable bonds is 8. The van der Waals surface area contributed by atoms with Gasteiger partial charge in [-0.2, -0.15) is 18.4 Å². The molecule has 8 nitrogen and oxygen atoms in total. The average molecular weight is 476 g/mol. The molecule has 0 unspecified atom stereocenters. The summed E-state index contributed by atoms with van der Waals surface area (Å²) in [5, 5.41) is 25.6. The molecule has 1 atom stereocenters. The highest BCUT2D eigenvalue weighted by atomic mass is 19.4. The molecule has 1 aliphatic rings. The molecule has 3 rings (SSSR count). The lowest BCUT2D eigenvalue weighted by molar-refractivity contribution is -0.137. The van der Waals surface area contributed by atoms with E-state index in [1.165, 1.54) is 18.5 Å². The first-order valence-corrected chi connectivity index (χ1v) is 10.8. The number of anilines is 2. The second-order valence-electron chi connectivity index (χ2n) is 8.20. The molecule has 0 bridgehead atoms. The number of piperidine rings is 1. The molecule has 0 amide bonds. The maximum atomic E-state index is 12.9. The van der Waals surface area contributed by atoms with E-state index in [0.29, 0.717) is 49.4 Å². The van der Waals surface area contributed by atoms with Crippen LogP contribution in [0.25, 0.3) is 0 Å². The van der Waals surface area contributed by atoms with E-state index in [0.717, 1.165) is 12.1 Å². The van der Waals surface area contributed by atoms with Gasteiger partial charge in [0.05, 0.1) is 17.1 Å². The standard InChI is InChI=1S/C23H28F3N7O/c1-15(32-19(7-12-34)16-3-5-17(6-4-16)23(24,25)26)22(29-2)8-10-33(11-9-22)21-18(13-27)20(28)30-14-31-21/h3-6,14,19,29,32,34H,1,7-12H2,2H3,(H2,28,30,31)/t19-/m0/s1. The van der Waals surface area contributed by atoms with Gasteiger partial charge in [0, 0.05) is 25.4 Å². The molecule has 11 heteroatoms. The zero-order valence-electron chi connectivity index (χ0n) is 18.9. The molecule has 1 aromatic heterocycles. The van der Waals surface area contributed by atoms with E-state index in [1.54, 1.807) is 0 Å². The summed E-state index contributed by atoms with van der Waals surface area (Å²) in [5.74, 6) is 0.619. The van der Waals surface area contributed by atoms with Gasteiger partial charge in [-0.05, 0) is 44.0 Å². The Labute approximate surface area is 196 Å². The number of hydrogen-bond donors (Lipinski definition) is 4. The topological polar surface area (TPSA) is 123 Å². The van der Waals surface area contributed by atoms with E-state index < -0.39 is 23.3 Å². The predicted molar refractivity (Wildman–Crippen MR) is 123 cm³/mol. The van der Waals surface area contributed by atoms with Crippen LogP contribution in [0.15, 0.2) is 42.9 Å². The van der Waals surface area contributed by atoms with Crippen LogP contribution in [0, 0.1) is 11.3 Å². The van der Waals surface area contributed by atoms with Gasteiger partial charge >= 0.3 is 6.18 Å². The Morgan fingerprint density at radius 1 is 1.29 bits per heavy atom. The minimum absolute atomic E-state index is 0.132. The number of aliphatic hydroxyl groups excluding tert-OH is 1. The Balaban J connectivity index is 1.74. The van der Waals surface area contributed by atoms with Crippen LogP contribution in [-0.2, 0) is 6.18 Å². The number of likely N-dealkylation sites (N-methyl/N-ethyl adjacent to an activating group) is 1. The number of alkyl halides is 3. The molecular weight excluding hydrogens is 447 g/mol. The SMILES string of the molecule is C=C(N[C@@H](CCO)c1ccc(C(F)(F)F)cc1)C1(NC)CCN(c2ncnc(N)c2C#N)CC1. The number of aromatic nitrogens is 2. The molecule has 1 aromatic carbocycles. The Hall–Kier alpha value is -3.36. The van der Waals surface area contributed by atoms with Gasteiger partial charge in [0.25, 0.3) is 0 Å². The van der Waals surface area contributed by atoms with Crippen LogP contribution in [0.1, 0.15) is 42.0 Å². The van der Waals surface area contributed by atoms with Gasteiger partial charge < -0.3 is 26.4 Å². The molecule has 5 N–H and O–H groups in total. The number of nitrogen functional groups attached to an aromatic ring is 1. The third kappa shape index (κ3) is 5.24. The van der Waals surface area contributed by atoms with E-state index >= 15 is 0 Å². The molecule has 0 spiro atoms. The van der Waals surface area contributed by atoms with Crippen molar-refractivity contribution in [1.29, 1.82) is 5.26 Å². The first-order valence-electron chi connectivity index (χ1n) is 10.8. The van der Waals surface area contributed by atoms with Crippen LogP contribution in [0.4, 0.5) is 24.8 Å². The van der Waals surface area contributed by atoms with Crippen molar-refractivity contribution in [2.75, 3.05) is 37.4 Å². The van der Waals surface area contributed by atoms with Gasteiger partial charge in [-0.1, -0.05) is 18.7 Å². The van der Waals surface area contributed by atoms with Gasteiger partial charge in [0.2, 0.25) is 0 Å². The molecule has 1 fully saturated rings. The molecule has 34 heavy (non-hydrogen) atoms. The molecule has 0 radical (unpaired) electrons. The molecule has 0 saturated carbocycles. The fourth-order valence-electron chi connectivity index (χ4n) is 4.24. The highest BCUT2D eigenvalue weighted by Gasteiger charge is 2.38. The minimum atomic E-state index is -4.41. The Bertz CT molecular complexity index is 1040. The summed E-state index contributed by atoms with van der Waals surface area (Å²) in [6.45, 7) is 5.21. The lowest BCUT2D eigenvalue weighted by Gasteiger charge is -2.44. The number of nitrogens with two attached hydrogens (primary N) is 1. The number of hydrogen-bond acceptors (Lipinski definition) is 8. The van der Waals surface area contributed by atoms with Gasteiger partial charge in [0.15, 0.2) is 5.82 Å². The molecular formula is C23H28F3N7O. The number of nitrogens with zero attached hydrogens (tertiary/aromatic N) is 4. The molecule has 1 saturated heterocycles. The van der Waals surface area contributed by atoms with Crippen LogP contribution in [0.5, 0.6) is 0 Å². The van der Waals surface area contributed by atoms with Gasteiger partial charge in [-0.15, -0.1) is 0 Å². The zero-order valence-corrected chi connectivity index (χ0v) is 18.9. The summed E-state index contributed by atoms with van der Waals surface area (Å²) in [6.07, 6.45) is -1.52. The largest absolute Gasteiger partial charge is 0.416 e. The van der Waals surface area contributed by atoms with Crippen LogP contribution >= 0.6 is 0 Å². The third-order valence-electron chi connectivity index (χ3n) is 6.35. The number of nitrogens with one attached hydrogen (secondary N) is 2. The summed E-state index contributed by atoms with van der Waals surface area (Å²) in [7, 11) is 1.82. The molecule has 2 heterocycles. The van der Waals surface area contributed by atoms with Crippen molar-refractivity contribution in [3.63, 3.8) is 0 Å². The maximum Gasteiger partial charge on any atom is 0.416 e. The Morgan fingerprint density at radius 3 is 2.47 bits per heavy atom. The second-order valence-corrected chi connectivity index (χ2v) is 8.20. The van der Waals surface area contributed by atoms with Crippen LogP contribution < -0.4 is 21.3 Å². The normalized spacial score (nSPS) is 16.5. The summed E-state index contributed by atoms with van der Waals surface area (Å²) in [6, 6.07) is 6.56. The smallest absolute Gasteiger partial charge is 0.396 e. The van der Waals surface area contributed by atoms with Crippen molar-refractivity contribution in [2.24, 2.45) is 0 Å². The fraction of sp³-hybridized carbons (Fsp3) is 0.435. The Kier molecular flexibility index (Phi) is 7.64. The zero-order chi connectivity index (χ0) is 24.9. The highest BCUT2D eigenvalue weighted by molar-refractivity contribution is 5.63. The quantitative estimate of drug-likeness (QED) is 0.460. The molecule has 2 aromatic rings. The van der Waals surface area contributed by atoms with Crippen LogP contribution in [0.2, 0.25) is 0 Å². The van der Waals surface area contributed by atoms with E-state index in [1.807, 2.05) is 11.9 Å². The lowest BCUT2D eigenvalue weighted by Crippen LogP contribution is -2.56. The van der Waals surface area contributed by atoms with Crippen LogP contribution in [-0.4, -0.2) is 47.4 Å². The fourth-order valence-corrected chi connectivity index (χ4v) is 4.24. The van der Waals surface area contributed by atoms with E-state index in [4.69, 9.17) is 5.73 Å². The summed E-state index contributed by atoms with van der Waals surface area (Å²) in [4.78, 5) is 10.1. The number of aliphatic hydroxyl groups is 1. The summed E-state index contributed by atoms with van der Waals surface area (Å²) in [5.41, 5.74) is 6.14. The van der Waals surface area contributed by atoms with Gasteiger partial charge in [-0.25, -0.2) is 9.97 Å². The predicted octanol–water partition coefficient (Wildman–Crippen LogP) is 2.73. The molecule has 1 aliphatic heterocycles.